The van der Waals surface area contributed by atoms with E-state index in [2.05, 4.69) is 9.97 Å². The Balaban J connectivity index is 1.55. The molecule has 1 fully saturated rings. The molecule has 2 aromatic heterocycles. The summed E-state index contributed by atoms with van der Waals surface area (Å²) in [7, 11) is 5.56. The number of hydrogen-bond donors (Lipinski definition) is 1. The van der Waals surface area contributed by atoms with E-state index in [0.29, 0.717) is 34.8 Å². The summed E-state index contributed by atoms with van der Waals surface area (Å²) in [5.74, 6) is 0.773. The highest BCUT2D eigenvalue weighted by atomic mass is 16.5. The molecule has 1 amide bonds. The van der Waals surface area contributed by atoms with Crippen LogP contribution in [0.5, 0.6) is 5.75 Å². The van der Waals surface area contributed by atoms with Crippen molar-refractivity contribution in [3.63, 3.8) is 0 Å². The largest absolute Gasteiger partial charge is 0.490 e. The molecular weight excluding hydrogens is 470 g/mol. The average Bonchev–Trinajstić information content (AvgIpc) is 3.64. The Morgan fingerprint density at radius 1 is 1.08 bits per heavy atom. The van der Waals surface area contributed by atoms with Gasteiger partial charge in [-0.25, -0.2) is 19.3 Å². The van der Waals surface area contributed by atoms with Gasteiger partial charge in [0.25, 0.3) is 0 Å². The number of rotatable bonds is 8. The minimum Gasteiger partial charge on any atom is -0.490 e. The summed E-state index contributed by atoms with van der Waals surface area (Å²) in [4.78, 5) is 38.5. The van der Waals surface area contributed by atoms with E-state index in [-0.39, 0.29) is 23.5 Å². The zero-order chi connectivity index (χ0) is 26.1. The standard InChI is InChI=1S/C27H29N7O3/c1-31(2)15-5-8-23(35)32(3)19-6-4-7-20(16-19)34-26-24(25(28)29-17-30-26)33(27(34)36)18-9-11-21(12-10-18)37-22-13-14-22/h4-12,16-17,22H,13-15H2,1-3H3,(H2,28,29,30). The van der Waals surface area contributed by atoms with Crippen molar-refractivity contribution in [1.82, 2.24) is 24.0 Å². The molecule has 0 saturated heterocycles. The van der Waals surface area contributed by atoms with Crippen molar-refractivity contribution in [3.8, 4) is 17.1 Å². The van der Waals surface area contributed by atoms with E-state index in [9.17, 15) is 9.59 Å². The second-order valence-electron chi connectivity index (χ2n) is 9.28. The molecule has 2 N–H and O–H groups in total. The third-order valence-corrected chi connectivity index (χ3v) is 6.11. The second kappa shape index (κ2) is 9.90. The second-order valence-corrected chi connectivity index (χ2v) is 9.28. The van der Waals surface area contributed by atoms with Crippen LogP contribution in [0, 0.1) is 0 Å². The Morgan fingerprint density at radius 2 is 1.84 bits per heavy atom. The van der Waals surface area contributed by atoms with Crippen molar-refractivity contribution < 1.29 is 9.53 Å². The zero-order valence-corrected chi connectivity index (χ0v) is 21.0. The zero-order valence-electron chi connectivity index (χ0n) is 21.0. The van der Waals surface area contributed by atoms with Gasteiger partial charge in [0, 0.05) is 25.4 Å². The highest BCUT2D eigenvalue weighted by molar-refractivity contribution is 6.01. The smallest absolute Gasteiger partial charge is 0.339 e. The van der Waals surface area contributed by atoms with Crippen LogP contribution < -0.4 is 21.1 Å². The lowest BCUT2D eigenvalue weighted by molar-refractivity contribution is -0.113. The van der Waals surface area contributed by atoms with Crippen LogP contribution in [-0.4, -0.2) is 63.7 Å². The summed E-state index contributed by atoms with van der Waals surface area (Å²) in [6.45, 7) is 0.656. The lowest BCUT2D eigenvalue weighted by Crippen LogP contribution is -2.25. The van der Waals surface area contributed by atoms with Gasteiger partial charge in [-0.05, 0) is 69.4 Å². The number of nitrogens with two attached hydrogens (primary N) is 1. The SMILES string of the molecule is CN(C)CC=CC(=O)N(C)c1cccc(-n2c(=O)n(-c3ccc(OC4CC4)cc3)c3c(N)ncnc32)c1. The molecule has 1 saturated carbocycles. The number of aromatic nitrogens is 4. The molecule has 2 aromatic carbocycles. The number of nitrogens with zero attached hydrogens (tertiary/aromatic N) is 6. The number of amides is 1. The van der Waals surface area contributed by atoms with E-state index in [1.54, 1.807) is 25.2 Å². The number of carbonyl (C=O) groups is 1. The molecule has 2 heterocycles. The molecule has 5 rings (SSSR count). The molecule has 1 aliphatic rings. The maximum Gasteiger partial charge on any atom is 0.339 e. The summed E-state index contributed by atoms with van der Waals surface area (Å²) >= 11 is 0. The summed E-state index contributed by atoms with van der Waals surface area (Å²) in [5, 5.41) is 0. The van der Waals surface area contributed by atoms with Crippen molar-refractivity contribution in [2.45, 2.75) is 18.9 Å². The number of nitrogen functional groups attached to an aromatic ring is 1. The van der Waals surface area contributed by atoms with Crippen LogP contribution in [0.3, 0.4) is 0 Å². The van der Waals surface area contributed by atoms with Crippen molar-refractivity contribution in [1.29, 1.82) is 0 Å². The minimum atomic E-state index is -0.352. The first-order chi connectivity index (χ1) is 17.8. The Hall–Kier alpha value is -4.44. The van der Waals surface area contributed by atoms with E-state index >= 15 is 0 Å². The maximum atomic E-state index is 13.8. The van der Waals surface area contributed by atoms with Crippen LogP contribution in [0.2, 0.25) is 0 Å². The molecule has 0 atom stereocenters. The number of benzene rings is 2. The summed E-state index contributed by atoms with van der Waals surface area (Å²) in [5.41, 5.74) is 8.46. The van der Waals surface area contributed by atoms with Crippen molar-refractivity contribution >= 4 is 28.6 Å². The summed E-state index contributed by atoms with van der Waals surface area (Å²) < 4.78 is 8.82. The average molecular weight is 500 g/mol. The molecule has 10 heteroatoms. The molecule has 4 aromatic rings. The lowest BCUT2D eigenvalue weighted by Gasteiger charge is -2.16. The quantitative estimate of drug-likeness (QED) is 0.371. The highest BCUT2D eigenvalue weighted by Gasteiger charge is 2.24. The van der Waals surface area contributed by atoms with Gasteiger partial charge in [-0.15, -0.1) is 0 Å². The van der Waals surface area contributed by atoms with Gasteiger partial charge in [0.2, 0.25) is 5.91 Å². The van der Waals surface area contributed by atoms with Crippen LogP contribution in [0.25, 0.3) is 22.5 Å². The highest BCUT2D eigenvalue weighted by Crippen LogP contribution is 2.29. The fourth-order valence-corrected chi connectivity index (χ4v) is 4.02. The van der Waals surface area contributed by atoms with E-state index in [0.717, 1.165) is 18.6 Å². The van der Waals surface area contributed by atoms with Crippen molar-refractivity contribution in [2.75, 3.05) is 38.3 Å². The number of carbonyl (C=O) groups excluding carboxylic acids is 1. The molecular formula is C27H29N7O3. The van der Waals surface area contributed by atoms with E-state index < -0.39 is 0 Å². The number of anilines is 2. The summed E-state index contributed by atoms with van der Waals surface area (Å²) in [6, 6.07) is 14.5. The molecule has 0 bridgehead atoms. The van der Waals surface area contributed by atoms with Gasteiger partial charge in [-0.1, -0.05) is 12.1 Å². The van der Waals surface area contributed by atoms with Crippen molar-refractivity contribution in [2.24, 2.45) is 0 Å². The Kier molecular flexibility index (Phi) is 6.49. The number of likely N-dealkylation sites (N-methyl/N-ethyl adjacent to an activating group) is 2. The monoisotopic (exact) mass is 499 g/mol. The maximum absolute atomic E-state index is 13.8. The Bertz CT molecular complexity index is 1530. The van der Waals surface area contributed by atoms with Gasteiger partial charge >= 0.3 is 5.69 Å². The van der Waals surface area contributed by atoms with Gasteiger partial charge in [-0.2, -0.15) is 0 Å². The fourth-order valence-electron chi connectivity index (χ4n) is 4.02. The third kappa shape index (κ3) is 4.96. The van der Waals surface area contributed by atoms with Gasteiger partial charge in [-0.3, -0.25) is 9.36 Å². The van der Waals surface area contributed by atoms with Crippen LogP contribution in [-0.2, 0) is 4.79 Å². The van der Waals surface area contributed by atoms with Gasteiger partial charge in [0.15, 0.2) is 11.5 Å². The van der Waals surface area contributed by atoms with Gasteiger partial charge in [0.1, 0.15) is 17.6 Å². The molecule has 1 aliphatic carbocycles. The Labute approximate surface area is 214 Å². The molecule has 10 nitrogen and oxygen atoms in total. The van der Waals surface area contributed by atoms with Crippen LogP contribution >= 0.6 is 0 Å². The van der Waals surface area contributed by atoms with Crippen LogP contribution in [0.15, 0.2) is 71.8 Å². The van der Waals surface area contributed by atoms with E-state index in [1.165, 1.54) is 26.4 Å². The normalized spacial score (nSPS) is 13.5. The molecule has 0 radical (unpaired) electrons. The predicted octanol–water partition coefficient (Wildman–Crippen LogP) is 2.78. The fraction of sp³-hybridized carbons (Fsp3) is 0.259. The number of ether oxygens (including phenoxy) is 1. The number of fused-ring (bicyclic) bond motifs is 1. The summed E-state index contributed by atoms with van der Waals surface area (Å²) in [6.07, 6.45) is 7.08. The van der Waals surface area contributed by atoms with Crippen LogP contribution in [0.1, 0.15) is 12.8 Å². The molecule has 37 heavy (non-hydrogen) atoms. The molecule has 0 unspecified atom stereocenters. The number of hydrogen-bond acceptors (Lipinski definition) is 7. The minimum absolute atomic E-state index is 0.172. The van der Waals surface area contributed by atoms with Gasteiger partial charge < -0.3 is 20.3 Å². The molecule has 190 valence electrons. The topological polar surface area (TPSA) is 112 Å². The first-order valence-corrected chi connectivity index (χ1v) is 12.0. The first-order valence-electron chi connectivity index (χ1n) is 12.0. The lowest BCUT2D eigenvalue weighted by atomic mass is 10.2. The Morgan fingerprint density at radius 3 is 2.54 bits per heavy atom. The molecule has 0 aliphatic heterocycles. The van der Waals surface area contributed by atoms with Crippen LogP contribution in [0.4, 0.5) is 11.5 Å². The first kappa shape index (κ1) is 24.3. The van der Waals surface area contributed by atoms with E-state index in [4.69, 9.17) is 10.5 Å². The van der Waals surface area contributed by atoms with Crippen molar-refractivity contribution in [3.05, 3.63) is 77.5 Å². The third-order valence-electron chi connectivity index (χ3n) is 6.11. The van der Waals surface area contributed by atoms with Gasteiger partial charge in [0.05, 0.1) is 17.5 Å². The number of imidazole rings is 1. The predicted molar refractivity (Wildman–Crippen MR) is 144 cm³/mol. The molecule has 0 spiro atoms. The van der Waals surface area contributed by atoms with E-state index in [1.807, 2.05) is 55.4 Å².